The number of nitrogens with zero attached hydrogens (tertiary/aromatic N) is 1. The van der Waals surface area contributed by atoms with Crippen LogP contribution in [0.5, 0.6) is 0 Å². The van der Waals surface area contributed by atoms with Crippen LogP contribution in [-0.4, -0.2) is 101 Å². The number of methoxy groups -OCH3 is 1. The lowest BCUT2D eigenvalue weighted by Crippen LogP contribution is -2.56. The van der Waals surface area contributed by atoms with Crippen molar-refractivity contribution in [1.82, 2.24) is 10.2 Å². The maximum atomic E-state index is 13.4. The Kier molecular flexibility index (Phi) is 21.3. The number of amides is 2. The summed E-state index contributed by atoms with van der Waals surface area (Å²) in [4.78, 5) is 40.8. The van der Waals surface area contributed by atoms with Gasteiger partial charge in [0, 0.05) is 20.1 Å². The molecule has 1 rings (SSSR count). The Morgan fingerprint density at radius 1 is 0.957 bits per heavy atom. The largest absolute Gasteiger partial charge is 0.460 e. The van der Waals surface area contributed by atoms with Gasteiger partial charge in [-0.05, 0) is 37.6 Å². The molecule has 46 heavy (non-hydrogen) atoms. The number of allylic oxidation sites excluding steroid dienone is 1. The van der Waals surface area contributed by atoms with Gasteiger partial charge in [0.1, 0.15) is 30.5 Å². The van der Waals surface area contributed by atoms with E-state index < -0.39 is 42.5 Å². The Bertz CT molecular complexity index is 894. The first-order chi connectivity index (χ1) is 21.8. The van der Waals surface area contributed by atoms with Gasteiger partial charge < -0.3 is 40.7 Å². The minimum Gasteiger partial charge on any atom is -0.460 e. The summed E-state index contributed by atoms with van der Waals surface area (Å²) in [5, 5.41) is 34.2. The van der Waals surface area contributed by atoms with Crippen LogP contribution in [0.1, 0.15) is 124 Å². The van der Waals surface area contributed by atoms with E-state index in [0.717, 1.165) is 19.3 Å². The lowest BCUT2D eigenvalue weighted by molar-refractivity contribution is -0.152. The predicted molar refractivity (Wildman–Crippen MR) is 180 cm³/mol. The van der Waals surface area contributed by atoms with E-state index in [2.05, 4.69) is 12.2 Å². The second-order valence-corrected chi connectivity index (χ2v) is 13.8. The number of hydrogen-bond acceptors (Lipinski definition) is 9. The van der Waals surface area contributed by atoms with Crippen molar-refractivity contribution in [3.05, 3.63) is 12.2 Å². The van der Waals surface area contributed by atoms with Crippen LogP contribution in [0.25, 0.3) is 0 Å². The van der Waals surface area contributed by atoms with Gasteiger partial charge in [-0.3, -0.25) is 14.4 Å². The van der Waals surface area contributed by atoms with Crippen molar-refractivity contribution >= 4 is 17.8 Å². The molecule has 1 heterocycles. The molecule has 0 saturated carbocycles. The zero-order valence-electron chi connectivity index (χ0n) is 29.3. The van der Waals surface area contributed by atoms with Crippen LogP contribution >= 0.6 is 0 Å². The third-order valence-corrected chi connectivity index (χ3v) is 8.36. The first-order valence-corrected chi connectivity index (χ1v) is 17.6. The van der Waals surface area contributed by atoms with Gasteiger partial charge >= 0.3 is 5.97 Å². The number of hydrogen-bond donors (Lipinski definition) is 5. The summed E-state index contributed by atoms with van der Waals surface area (Å²) in [5.41, 5.74) is 5.43. The fraction of sp³-hybridized carbons (Fsp3) is 0.857. The van der Waals surface area contributed by atoms with E-state index >= 15 is 0 Å². The van der Waals surface area contributed by atoms with Crippen molar-refractivity contribution < 1.29 is 39.2 Å². The molecule has 268 valence electrons. The second-order valence-electron chi connectivity index (χ2n) is 13.8. The van der Waals surface area contributed by atoms with Gasteiger partial charge in [-0.1, -0.05) is 104 Å². The Balaban J connectivity index is 2.66. The highest BCUT2D eigenvalue weighted by atomic mass is 16.5. The molecule has 1 fully saturated rings. The van der Waals surface area contributed by atoms with Crippen molar-refractivity contribution in [3.8, 4) is 0 Å². The summed E-state index contributed by atoms with van der Waals surface area (Å²) in [6.45, 7) is 8.88. The average molecular weight is 656 g/mol. The molecule has 0 unspecified atom stereocenters. The lowest BCUT2D eigenvalue weighted by atomic mass is 9.94. The number of unbranched alkanes of at least 4 members (excludes halogenated alkanes) is 10. The average Bonchev–Trinajstić information content (AvgIpc) is 3.14. The first kappa shape index (κ1) is 42.0. The van der Waals surface area contributed by atoms with E-state index in [4.69, 9.17) is 15.2 Å². The highest BCUT2D eigenvalue weighted by molar-refractivity contribution is 5.90. The van der Waals surface area contributed by atoms with Crippen LogP contribution in [0.3, 0.4) is 0 Å². The quantitative estimate of drug-likeness (QED) is 0.0625. The predicted octanol–water partition coefficient (Wildman–Crippen LogP) is 3.76. The van der Waals surface area contributed by atoms with E-state index in [0.29, 0.717) is 32.4 Å². The van der Waals surface area contributed by atoms with Crippen molar-refractivity contribution in [3.63, 3.8) is 0 Å². The Labute approximate surface area is 277 Å². The molecule has 1 aliphatic rings. The molecule has 6 atom stereocenters. The minimum atomic E-state index is -1.76. The van der Waals surface area contributed by atoms with Gasteiger partial charge in [-0.25, -0.2) is 0 Å². The molecular formula is C35H65N3O8. The van der Waals surface area contributed by atoms with E-state index in [-0.39, 0.29) is 30.3 Å². The number of nitrogens with two attached hydrogens (primary N) is 1. The summed E-state index contributed by atoms with van der Waals surface area (Å²) in [6, 6.07) is -0.951. The van der Waals surface area contributed by atoms with Crippen molar-refractivity contribution in [2.45, 2.75) is 161 Å². The summed E-state index contributed by atoms with van der Waals surface area (Å²) in [5.74, 6) is -1.43. The molecular weight excluding hydrogens is 590 g/mol. The van der Waals surface area contributed by atoms with E-state index in [1.54, 1.807) is 11.0 Å². The molecule has 2 amide bonds. The lowest BCUT2D eigenvalue weighted by Gasteiger charge is -2.29. The number of likely N-dealkylation sites (tertiary alicyclic amines) is 1. The zero-order chi connectivity index (χ0) is 34.5. The highest BCUT2D eigenvalue weighted by Gasteiger charge is 2.39. The van der Waals surface area contributed by atoms with E-state index in [1.165, 1.54) is 64.6 Å². The first-order valence-electron chi connectivity index (χ1n) is 17.6. The fourth-order valence-electron chi connectivity index (χ4n) is 5.55. The zero-order valence-corrected chi connectivity index (χ0v) is 29.3. The van der Waals surface area contributed by atoms with Crippen LogP contribution in [0, 0.1) is 5.41 Å². The maximum Gasteiger partial charge on any atom is 0.306 e. The molecule has 0 aromatic carbocycles. The number of ether oxygens (including phenoxy) is 2. The number of carbonyl (C=O) groups is 3. The normalized spacial score (nSPS) is 20.3. The van der Waals surface area contributed by atoms with Crippen molar-refractivity contribution in [1.29, 1.82) is 0 Å². The van der Waals surface area contributed by atoms with Crippen LogP contribution < -0.4 is 11.1 Å². The number of carbonyl (C=O) groups excluding carboxylic acids is 3. The highest BCUT2D eigenvalue weighted by Crippen LogP contribution is 2.20. The van der Waals surface area contributed by atoms with Crippen molar-refractivity contribution in [2.24, 2.45) is 11.1 Å². The molecule has 0 aliphatic carbocycles. The molecule has 1 saturated heterocycles. The van der Waals surface area contributed by atoms with Gasteiger partial charge in [-0.2, -0.15) is 0 Å². The van der Waals surface area contributed by atoms with Gasteiger partial charge in [0.25, 0.3) is 5.91 Å². The number of nitrogens with one attached hydrogen (secondary N) is 1. The molecule has 6 N–H and O–H groups in total. The van der Waals surface area contributed by atoms with E-state index in [9.17, 15) is 29.7 Å². The monoisotopic (exact) mass is 655 g/mol. The van der Waals surface area contributed by atoms with Crippen LogP contribution in [0.4, 0.5) is 0 Å². The Morgan fingerprint density at radius 3 is 2.09 bits per heavy atom. The van der Waals surface area contributed by atoms with Gasteiger partial charge in [0.05, 0.1) is 6.54 Å². The van der Waals surface area contributed by atoms with Crippen molar-refractivity contribution in [2.75, 3.05) is 26.7 Å². The molecule has 11 heteroatoms. The Hall–Kier alpha value is -2.05. The van der Waals surface area contributed by atoms with Crippen LogP contribution in [0.2, 0.25) is 0 Å². The molecule has 0 spiro atoms. The summed E-state index contributed by atoms with van der Waals surface area (Å²) in [6.07, 6.45) is 10.7. The number of rotatable bonds is 23. The topological polar surface area (TPSA) is 172 Å². The van der Waals surface area contributed by atoms with Crippen LogP contribution in [-0.2, 0) is 23.9 Å². The van der Waals surface area contributed by atoms with Gasteiger partial charge in [0.2, 0.25) is 5.91 Å². The molecule has 11 nitrogen and oxygen atoms in total. The van der Waals surface area contributed by atoms with E-state index in [1.807, 2.05) is 20.8 Å². The molecule has 0 aromatic heterocycles. The summed E-state index contributed by atoms with van der Waals surface area (Å²) in [7, 11) is 1.20. The fourth-order valence-corrected chi connectivity index (χ4v) is 5.55. The third-order valence-electron chi connectivity index (χ3n) is 8.36. The minimum absolute atomic E-state index is 0.205. The molecule has 0 aromatic rings. The Morgan fingerprint density at radius 2 is 1.54 bits per heavy atom. The molecule has 0 bridgehead atoms. The third kappa shape index (κ3) is 17.2. The second kappa shape index (κ2) is 23.3. The number of aliphatic hydroxyl groups is 3. The molecule has 0 radical (unpaired) electrons. The van der Waals surface area contributed by atoms with Gasteiger partial charge in [0.15, 0.2) is 6.10 Å². The molecule has 1 aliphatic heterocycles. The summed E-state index contributed by atoms with van der Waals surface area (Å²) < 4.78 is 11.0. The standard InChI is InChI=1S/C35H65N3O8/c1-6-7-8-9-10-11-12-13-14-15-16-18-29(40)46-26-19-20-27(34(44)38(25-26)24-17-23-36)37-33(43)32(45-5)31(42)30(41)28(39)21-22-35(2,3)4/h21-22,26-28,30-32,39,41-42H,6-20,23-25,36H2,1-5H3,(H,37,43)/t26-,27-,28+,30-,31+,32+/m0/s1. The number of aliphatic hydroxyl groups excluding tert-OH is 3. The SMILES string of the molecule is CCCCCCCCCCCCCC(=O)O[C@H]1CC[C@H](NC(=O)[C@H](OC)[C@H](O)[C@@H](O)[C@H](O)C=CC(C)(C)C)C(=O)N(CCCN)C1. The smallest absolute Gasteiger partial charge is 0.306 e. The number of esters is 1. The van der Waals surface area contributed by atoms with Gasteiger partial charge in [-0.15, -0.1) is 0 Å². The van der Waals surface area contributed by atoms with Crippen LogP contribution in [0.15, 0.2) is 12.2 Å². The summed E-state index contributed by atoms with van der Waals surface area (Å²) >= 11 is 0. The maximum absolute atomic E-state index is 13.4.